The molecule has 1 aliphatic heterocycles. The minimum absolute atomic E-state index is 0.0185. The Bertz CT molecular complexity index is 1500. The van der Waals surface area contributed by atoms with Crippen LogP contribution in [-0.4, -0.2) is 85.4 Å². The van der Waals surface area contributed by atoms with E-state index in [0.29, 0.717) is 23.0 Å². The largest absolute Gasteiger partial charge is 0.462 e. The van der Waals surface area contributed by atoms with Crippen molar-refractivity contribution in [3.8, 4) is 5.75 Å². The van der Waals surface area contributed by atoms with Gasteiger partial charge in [-0.1, -0.05) is 18.2 Å². The van der Waals surface area contributed by atoms with Gasteiger partial charge in [-0.05, 0) is 52.7 Å². The summed E-state index contributed by atoms with van der Waals surface area (Å²) in [5.74, 6) is 0.132. The molecule has 5 rings (SSSR count). The molecule has 3 aromatic rings. The van der Waals surface area contributed by atoms with Crippen molar-refractivity contribution in [3.63, 3.8) is 0 Å². The molecule has 1 aliphatic carbocycles. The number of nitrogens with one attached hydrogen (secondary N) is 1. The van der Waals surface area contributed by atoms with Crippen molar-refractivity contribution < 1.29 is 38.1 Å². The van der Waals surface area contributed by atoms with Crippen molar-refractivity contribution in [2.24, 2.45) is 0 Å². The number of aliphatic hydroxyl groups is 2. The Labute approximate surface area is 248 Å². The molecule has 0 spiro atoms. The Balaban J connectivity index is 1.37. The van der Waals surface area contributed by atoms with E-state index in [1.54, 1.807) is 44.2 Å². The second-order valence-corrected chi connectivity index (χ2v) is 13.0. The van der Waals surface area contributed by atoms with Crippen LogP contribution in [0.3, 0.4) is 0 Å². The Morgan fingerprint density at radius 1 is 1.28 bits per heavy atom. The Morgan fingerprint density at radius 3 is 2.63 bits per heavy atom. The molecule has 1 saturated heterocycles. The van der Waals surface area contributed by atoms with Gasteiger partial charge in [0.25, 0.3) is 0 Å². The molecule has 234 valence electrons. The topological polar surface area (TPSA) is 196 Å². The fourth-order valence-corrected chi connectivity index (χ4v) is 6.36. The lowest BCUT2D eigenvalue weighted by molar-refractivity contribution is -0.149. The molecule has 6 atom stereocenters. The highest BCUT2D eigenvalue weighted by Crippen LogP contribution is 2.47. The third kappa shape index (κ3) is 6.61. The third-order valence-corrected chi connectivity index (χ3v) is 8.93. The van der Waals surface area contributed by atoms with Crippen LogP contribution in [-0.2, 0) is 23.4 Å². The second-order valence-electron chi connectivity index (χ2n) is 11.3. The number of carbonyl (C=O) groups is 1. The van der Waals surface area contributed by atoms with Gasteiger partial charge in [-0.3, -0.25) is 13.9 Å². The zero-order valence-corrected chi connectivity index (χ0v) is 25.5. The van der Waals surface area contributed by atoms with Crippen LogP contribution in [0.5, 0.6) is 5.75 Å². The number of nitrogen functional groups attached to an aromatic ring is 1. The molecule has 5 N–H and O–H groups in total. The van der Waals surface area contributed by atoms with Crippen molar-refractivity contribution in [2.75, 3.05) is 24.3 Å². The normalized spacial score (nSPS) is 25.9. The SMILES string of the molecule is CC(C)OC(=O)[C@H](C)NP(=O)(OCC1O[C@@H](n2cnc3c(N(C)C4CC4)nc(N)nc32)[C@](C)(O)[C@@H]1O)Oc1ccccc1. The van der Waals surface area contributed by atoms with Crippen molar-refractivity contribution in [1.82, 2.24) is 24.6 Å². The van der Waals surface area contributed by atoms with Crippen molar-refractivity contribution in [1.29, 1.82) is 0 Å². The number of para-hydroxylation sites is 1. The van der Waals surface area contributed by atoms with E-state index in [0.717, 1.165) is 12.8 Å². The number of esters is 1. The molecule has 2 aliphatic rings. The number of fused-ring (bicyclic) bond motifs is 1. The fourth-order valence-electron chi connectivity index (χ4n) is 4.85. The van der Waals surface area contributed by atoms with Gasteiger partial charge < -0.3 is 34.8 Å². The number of nitrogens with two attached hydrogens (primary N) is 1. The van der Waals surface area contributed by atoms with E-state index >= 15 is 0 Å². The molecule has 0 amide bonds. The molecule has 43 heavy (non-hydrogen) atoms. The summed E-state index contributed by atoms with van der Waals surface area (Å²) in [6.07, 6.45) is -0.725. The zero-order valence-electron chi connectivity index (χ0n) is 24.7. The number of nitrogens with zero attached hydrogens (tertiary/aromatic N) is 5. The standard InChI is InChI=1S/C27H38N7O8P/c1-15(2)40-24(36)16(3)32-43(38,42-18-9-7-6-8-10-18)39-13-19-21(35)27(4,37)25(41-19)34-14-29-20-22(33(5)17-11-12-17)30-26(28)31-23(20)34/h6-10,14-17,19,21,25,35,37H,11-13H2,1-5H3,(H,32,38)(H2,28,30,31)/t16-,19?,21+,25+,27+,43?/m0/s1. The number of carbonyl (C=O) groups excluding carboxylic acids is 1. The predicted molar refractivity (Wildman–Crippen MR) is 156 cm³/mol. The van der Waals surface area contributed by atoms with Gasteiger partial charge in [-0.2, -0.15) is 15.1 Å². The molecule has 1 aromatic carbocycles. The highest BCUT2D eigenvalue weighted by Gasteiger charge is 2.54. The van der Waals surface area contributed by atoms with Crippen molar-refractivity contribution in [2.45, 2.75) is 82.8 Å². The number of anilines is 2. The van der Waals surface area contributed by atoms with E-state index in [1.165, 1.54) is 24.7 Å². The number of aromatic nitrogens is 4. The molecule has 0 radical (unpaired) electrons. The van der Waals surface area contributed by atoms with Gasteiger partial charge in [-0.25, -0.2) is 9.55 Å². The van der Waals surface area contributed by atoms with Crippen molar-refractivity contribution in [3.05, 3.63) is 36.7 Å². The van der Waals surface area contributed by atoms with Gasteiger partial charge in [0.1, 0.15) is 29.6 Å². The number of ether oxygens (including phenoxy) is 2. The van der Waals surface area contributed by atoms with Crippen LogP contribution in [0.1, 0.15) is 46.8 Å². The molecule has 2 fully saturated rings. The first kappa shape index (κ1) is 31.1. The average Bonchev–Trinajstić information content (AvgIpc) is 3.67. The van der Waals surface area contributed by atoms with Crippen LogP contribution in [0.2, 0.25) is 0 Å². The zero-order chi connectivity index (χ0) is 31.1. The minimum Gasteiger partial charge on any atom is -0.462 e. The van der Waals surface area contributed by atoms with Gasteiger partial charge in [0, 0.05) is 13.1 Å². The van der Waals surface area contributed by atoms with Gasteiger partial charge in [-0.15, -0.1) is 0 Å². The molecular formula is C27H38N7O8P. The van der Waals surface area contributed by atoms with Gasteiger partial charge in [0.05, 0.1) is 19.0 Å². The average molecular weight is 620 g/mol. The summed E-state index contributed by atoms with van der Waals surface area (Å²) < 4.78 is 38.0. The van der Waals surface area contributed by atoms with E-state index in [1.807, 2.05) is 11.9 Å². The maximum atomic E-state index is 13.9. The number of aliphatic hydroxyl groups excluding tert-OH is 1. The minimum atomic E-state index is -4.25. The van der Waals surface area contributed by atoms with E-state index in [9.17, 15) is 19.6 Å². The third-order valence-electron chi connectivity index (χ3n) is 7.29. The van der Waals surface area contributed by atoms with Crippen molar-refractivity contribution >= 4 is 36.6 Å². The first-order valence-corrected chi connectivity index (χ1v) is 15.6. The lowest BCUT2D eigenvalue weighted by Crippen LogP contribution is -2.44. The summed E-state index contributed by atoms with van der Waals surface area (Å²) in [7, 11) is -2.34. The lowest BCUT2D eigenvalue weighted by atomic mass is 9.96. The maximum absolute atomic E-state index is 13.9. The molecule has 16 heteroatoms. The first-order valence-electron chi connectivity index (χ1n) is 14.1. The maximum Gasteiger partial charge on any atom is 0.459 e. The highest BCUT2D eigenvalue weighted by atomic mass is 31.2. The molecule has 1 saturated carbocycles. The molecule has 2 aromatic heterocycles. The first-order chi connectivity index (χ1) is 20.3. The van der Waals surface area contributed by atoms with E-state index in [2.05, 4.69) is 20.0 Å². The van der Waals surface area contributed by atoms with Gasteiger partial charge >= 0.3 is 13.7 Å². The van der Waals surface area contributed by atoms with Crippen LogP contribution >= 0.6 is 7.75 Å². The fraction of sp³-hybridized carbons (Fsp3) is 0.556. The number of rotatable bonds is 12. The van der Waals surface area contributed by atoms with E-state index in [4.69, 9.17) is 24.3 Å². The molecular weight excluding hydrogens is 581 g/mol. The highest BCUT2D eigenvalue weighted by molar-refractivity contribution is 7.52. The van der Waals surface area contributed by atoms with E-state index < -0.39 is 56.5 Å². The molecule has 2 unspecified atom stereocenters. The molecule has 0 bridgehead atoms. The summed E-state index contributed by atoms with van der Waals surface area (Å²) >= 11 is 0. The number of benzene rings is 1. The summed E-state index contributed by atoms with van der Waals surface area (Å²) in [6.45, 7) is 5.77. The number of hydrogen-bond donors (Lipinski definition) is 4. The lowest BCUT2D eigenvalue weighted by Gasteiger charge is -2.27. The predicted octanol–water partition coefficient (Wildman–Crippen LogP) is 2.15. The van der Waals surface area contributed by atoms with Crippen LogP contribution in [0.4, 0.5) is 11.8 Å². The number of imidazole rings is 1. The molecule has 3 heterocycles. The smallest absolute Gasteiger partial charge is 0.459 e. The van der Waals surface area contributed by atoms with Crippen LogP contribution in [0.15, 0.2) is 36.7 Å². The van der Waals surface area contributed by atoms with Crippen LogP contribution in [0.25, 0.3) is 11.2 Å². The second kappa shape index (κ2) is 12.0. The summed E-state index contributed by atoms with van der Waals surface area (Å²) in [6, 6.07) is 7.53. The Morgan fingerprint density at radius 2 is 1.98 bits per heavy atom. The summed E-state index contributed by atoms with van der Waals surface area (Å²) in [4.78, 5) is 27.6. The van der Waals surface area contributed by atoms with Crippen LogP contribution in [0, 0.1) is 0 Å². The monoisotopic (exact) mass is 619 g/mol. The Hall–Kier alpha value is -3.33. The molecule has 15 nitrogen and oxygen atoms in total. The summed E-state index contributed by atoms with van der Waals surface area (Å²) in [5, 5.41) is 25.1. The van der Waals surface area contributed by atoms with E-state index in [-0.39, 0.29) is 11.7 Å². The number of hydrogen-bond acceptors (Lipinski definition) is 13. The Kier molecular flexibility index (Phi) is 8.67. The quantitative estimate of drug-likeness (QED) is 0.170. The summed E-state index contributed by atoms with van der Waals surface area (Å²) in [5.41, 5.74) is 4.95. The van der Waals surface area contributed by atoms with Gasteiger partial charge in [0.2, 0.25) is 5.95 Å². The van der Waals surface area contributed by atoms with Crippen LogP contribution < -0.4 is 20.2 Å². The van der Waals surface area contributed by atoms with Gasteiger partial charge in [0.15, 0.2) is 23.2 Å².